The molecule has 0 radical (unpaired) electrons. The van der Waals surface area contributed by atoms with Crippen LogP contribution in [0.15, 0.2) is 23.4 Å². The topological polar surface area (TPSA) is 58.6 Å². The minimum atomic E-state index is 0.299. The van der Waals surface area contributed by atoms with E-state index in [4.69, 9.17) is 10.9 Å². The third kappa shape index (κ3) is 4.57. The van der Waals surface area contributed by atoms with Gasteiger partial charge in [-0.25, -0.2) is 0 Å². The van der Waals surface area contributed by atoms with Crippen LogP contribution in [0.1, 0.15) is 23.1 Å². The van der Waals surface area contributed by atoms with Crippen LogP contribution in [-0.4, -0.2) is 16.8 Å². The Balaban J connectivity index is 2.37. The zero-order chi connectivity index (χ0) is 12.0. The van der Waals surface area contributed by atoms with Gasteiger partial charge in [-0.15, -0.1) is 0 Å². The number of nitrogens with two attached hydrogens (primary N) is 1. The summed E-state index contributed by atoms with van der Waals surface area (Å²) in [5, 5.41) is 11.3. The monoisotopic (exact) mass is 238 g/mol. The van der Waals surface area contributed by atoms with Gasteiger partial charge in [0.15, 0.2) is 0 Å². The first-order chi connectivity index (χ1) is 7.61. The Bertz CT molecular complexity index is 357. The molecule has 0 unspecified atom stereocenters. The number of aryl methyl sites for hydroxylation is 2. The van der Waals surface area contributed by atoms with Crippen molar-refractivity contribution >= 4 is 17.6 Å². The van der Waals surface area contributed by atoms with Crippen LogP contribution in [0.5, 0.6) is 0 Å². The highest BCUT2D eigenvalue weighted by molar-refractivity contribution is 7.98. The molecule has 1 aromatic rings. The average molecular weight is 238 g/mol. The van der Waals surface area contributed by atoms with Crippen molar-refractivity contribution in [2.75, 3.05) is 5.75 Å². The normalized spacial score (nSPS) is 11.8. The van der Waals surface area contributed by atoms with Gasteiger partial charge in [0.05, 0.1) is 0 Å². The van der Waals surface area contributed by atoms with Crippen LogP contribution in [0.4, 0.5) is 0 Å². The summed E-state index contributed by atoms with van der Waals surface area (Å²) < 4.78 is 0. The van der Waals surface area contributed by atoms with Crippen molar-refractivity contribution in [3.63, 3.8) is 0 Å². The molecular formula is C12H18N2OS. The predicted octanol–water partition coefficient (Wildman–Crippen LogP) is 2.67. The fourth-order valence-electron chi connectivity index (χ4n) is 1.57. The van der Waals surface area contributed by atoms with Crippen LogP contribution in [0.2, 0.25) is 0 Å². The van der Waals surface area contributed by atoms with E-state index in [2.05, 4.69) is 37.2 Å². The number of thioether (sulfide) groups is 1. The summed E-state index contributed by atoms with van der Waals surface area (Å²) in [5.74, 6) is 2.15. The highest BCUT2D eigenvalue weighted by atomic mass is 32.2. The first-order valence-corrected chi connectivity index (χ1v) is 6.38. The molecule has 0 amide bonds. The maximum atomic E-state index is 8.38. The summed E-state index contributed by atoms with van der Waals surface area (Å²) in [4.78, 5) is 0. The van der Waals surface area contributed by atoms with Crippen molar-refractivity contribution in [2.45, 2.75) is 26.0 Å². The molecule has 0 aliphatic carbocycles. The van der Waals surface area contributed by atoms with E-state index in [-0.39, 0.29) is 0 Å². The molecule has 0 heterocycles. The van der Waals surface area contributed by atoms with E-state index in [1.165, 1.54) is 16.7 Å². The van der Waals surface area contributed by atoms with Gasteiger partial charge in [-0.3, -0.25) is 0 Å². The second-order valence-electron chi connectivity index (χ2n) is 3.89. The highest BCUT2D eigenvalue weighted by Crippen LogP contribution is 2.16. The zero-order valence-electron chi connectivity index (χ0n) is 9.73. The summed E-state index contributed by atoms with van der Waals surface area (Å²) in [6, 6.07) is 6.57. The summed E-state index contributed by atoms with van der Waals surface area (Å²) in [5.41, 5.74) is 9.32. The largest absolute Gasteiger partial charge is 0.409 e. The lowest BCUT2D eigenvalue weighted by Crippen LogP contribution is -2.12. The van der Waals surface area contributed by atoms with Gasteiger partial charge < -0.3 is 10.9 Å². The predicted molar refractivity (Wildman–Crippen MR) is 70.1 cm³/mol. The van der Waals surface area contributed by atoms with E-state index in [9.17, 15) is 0 Å². The molecular weight excluding hydrogens is 220 g/mol. The van der Waals surface area contributed by atoms with Gasteiger partial charge >= 0.3 is 0 Å². The number of rotatable bonds is 5. The first-order valence-electron chi connectivity index (χ1n) is 5.23. The Kier molecular flexibility index (Phi) is 5.19. The van der Waals surface area contributed by atoms with Crippen LogP contribution in [0.3, 0.4) is 0 Å². The molecule has 0 aliphatic heterocycles. The van der Waals surface area contributed by atoms with Crippen LogP contribution in [0, 0.1) is 13.8 Å². The van der Waals surface area contributed by atoms with Gasteiger partial charge in [0, 0.05) is 17.9 Å². The first kappa shape index (κ1) is 12.9. The SMILES string of the molecule is Cc1cc(C)cc(CSCCC(N)=NO)c1. The van der Waals surface area contributed by atoms with Crippen molar-refractivity contribution in [1.82, 2.24) is 0 Å². The van der Waals surface area contributed by atoms with E-state index in [0.717, 1.165) is 11.5 Å². The third-order valence-electron chi connectivity index (χ3n) is 2.18. The van der Waals surface area contributed by atoms with Crippen LogP contribution < -0.4 is 5.73 Å². The van der Waals surface area contributed by atoms with E-state index in [1.54, 1.807) is 11.8 Å². The lowest BCUT2D eigenvalue weighted by molar-refractivity contribution is 0.317. The van der Waals surface area contributed by atoms with E-state index < -0.39 is 0 Å². The molecule has 0 fully saturated rings. The Labute approximate surface area is 101 Å². The number of benzene rings is 1. The number of hydrogen-bond donors (Lipinski definition) is 2. The average Bonchev–Trinajstić information content (AvgIpc) is 2.22. The zero-order valence-corrected chi connectivity index (χ0v) is 10.5. The molecule has 0 aromatic heterocycles. The third-order valence-corrected chi connectivity index (χ3v) is 3.21. The minimum absolute atomic E-state index is 0.299. The van der Waals surface area contributed by atoms with Crippen LogP contribution >= 0.6 is 11.8 Å². The number of hydrogen-bond acceptors (Lipinski definition) is 3. The smallest absolute Gasteiger partial charge is 0.139 e. The molecule has 0 atom stereocenters. The molecule has 0 bridgehead atoms. The maximum absolute atomic E-state index is 8.38. The molecule has 1 rings (SSSR count). The maximum Gasteiger partial charge on any atom is 0.139 e. The van der Waals surface area contributed by atoms with Crippen molar-refractivity contribution < 1.29 is 5.21 Å². The second-order valence-corrected chi connectivity index (χ2v) is 5.00. The fraction of sp³-hybridized carbons (Fsp3) is 0.417. The Morgan fingerprint density at radius 1 is 1.31 bits per heavy atom. The number of amidine groups is 1. The Morgan fingerprint density at radius 3 is 2.50 bits per heavy atom. The van der Waals surface area contributed by atoms with E-state index in [1.807, 2.05) is 0 Å². The molecule has 0 aliphatic rings. The van der Waals surface area contributed by atoms with Gasteiger partial charge in [0.2, 0.25) is 0 Å². The standard InChI is InChI=1S/C12H18N2OS/c1-9-5-10(2)7-11(6-9)8-16-4-3-12(13)14-15/h5-7,15H,3-4,8H2,1-2H3,(H2,13,14). The minimum Gasteiger partial charge on any atom is -0.409 e. The lowest BCUT2D eigenvalue weighted by atomic mass is 10.1. The van der Waals surface area contributed by atoms with Crippen molar-refractivity contribution in [3.05, 3.63) is 34.9 Å². The summed E-state index contributed by atoms with van der Waals surface area (Å²) in [6.07, 6.45) is 0.631. The Hall–Kier alpha value is -1.16. The molecule has 16 heavy (non-hydrogen) atoms. The second kappa shape index (κ2) is 6.43. The van der Waals surface area contributed by atoms with Gasteiger partial charge in [-0.2, -0.15) is 11.8 Å². The quantitative estimate of drug-likeness (QED) is 0.272. The molecule has 0 saturated heterocycles. The van der Waals surface area contributed by atoms with Gasteiger partial charge in [-0.1, -0.05) is 34.5 Å². The number of nitrogens with zero attached hydrogens (tertiary/aromatic N) is 1. The van der Waals surface area contributed by atoms with E-state index in [0.29, 0.717) is 12.3 Å². The van der Waals surface area contributed by atoms with Crippen LogP contribution in [-0.2, 0) is 5.75 Å². The molecule has 3 nitrogen and oxygen atoms in total. The van der Waals surface area contributed by atoms with Crippen LogP contribution in [0.25, 0.3) is 0 Å². The fourth-order valence-corrected chi connectivity index (χ4v) is 2.47. The van der Waals surface area contributed by atoms with Gasteiger partial charge in [0.1, 0.15) is 5.84 Å². The summed E-state index contributed by atoms with van der Waals surface area (Å²) >= 11 is 1.80. The van der Waals surface area contributed by atoms with Crippen molar-refractivity contribution in [1.29, 1.82) is 0 Å². The molecule has 0 saturated carbocycles. The lowest BCUT2D eigenvalue weighted by Gasteiger charge is -2.04. The summed E-state index contributed by atoms with van der Waals surface area (Å²) in [7, 11) is 0. The van der Waals surface area contributed by atoms with Gasteiger partial charge in [-0.05, 0) is 19.4 Å². The van der Waals surface area contributed by atoms with E-state index >= 15 is 0 Å². The Morgan fingerprint density at radius 2 is 1.94 bits per heavy atom. The van der Waals surface area contributed by atoms with Gasteiger partial charge in [0.25, 0.3) is 0 Å². The number of oxime groups is 1. The molecule has 0 spiro atoms. The molecule has 4 heteroatoms. The summed E-state index contributed by atoms with van der Waals surface area (Å²) in [6.45, 7) is 4.22. The van der Waals surface area contributed by atoms with Crippen molar-refractivity contribution in [2.24, 2.45) is 10.9 Å². The molecule has 3 N–H and O–H groups in total. The highest BCUT2D eigenvalue weighted by Gasteiger charge is 1.98. The molecule has 88 valence electrons. The van der Waals surface area contributed by atoms with Crippen molar-refractivity contribution in [3.8, 4) is 0 Å². The molecule has 1 aromatic carbocycles.